The lowest BCUT2D eigenvalue weighted by Crippen LogP contribution is -2.40. The molecule has 6 heteroatoms. The highest BCUT2D eigenvalue weighted by atomic mass is 32.1. The fraction of sp³-hybridized carbons (Fsp3) is 0.286. The molecule has 1 heterocycles. The van der Waals surface area contributed by atoms with Gasteiger partial charge in [0.25, 0.3) is 0 Å². The molecule has 0 unspecified atom stereocenters. The smallest absolute Gasteiger partial charge is 0.233 e. The van der Waals surface area contributed by atoms with Crippen LogP contribution in [-0.4, -0.2) is 16.9 Å². The number of benzene rings is 2. The van der Waals surface area contributed by atoms with Crippen LogP contribution in [0.15, 0.2) is 48.5 Å². The Morgan fingerprint density at radius 2 is 1.37 bits per heavy atom. The lowest BCUT2D eigenvalue weighted by Gasteiger charge is -2.25. The minimum Gasteiger partial charge on any atom is -0.332 e. The minimum absolute atomic E-state index is 0.144. The van der Waals surface area contributed by atoms with Crippen molar-refractivity contribution in [1.82, 2.24) is 0 Å². The quantitative estimate of drug-likeness (QED) is 0.596. The largest absolute Gasteiger partial charge is 0.332 e. The Labute approximate surface area is 164 Å². The van der Waals surface area contributed by atoms with Crippen LogP contribution in [0.1, 0.15) is 44.6 Å². The van der Waals surface area contributed by atoms with E-state index in [1.165, 1.54) is 10.5 Å². The molecule has 2 aromatic rings. The summed E-state index contributed by atoms with van der Waals surface area (Å²) in [5.41, 5.74) is 3.57. The maximum atomic E-state index is 12.0. The van der Waals surface area contributed by atoms with Crippen molar-refractivity contribution in [2.75, 3.05) is 15.5 Å². The van der Waals surface area contributed by atoms with Crippen LogP contribution in [0.5, 0.6) is 0 Å². The average molecular weight is 382 g/mol. The number of thiocarbonyl (C=S) groups is 1. The van der Waals surface area contributed by atoms with Crippen LogP contribution in [0, 0.1) is 0 Å². The van der Waals surface area contributed by atoms with Crippen LogP contribution in [0.3, 0.4) is 0 Å². The Morgan fingerprint density at radius 1 is 0.889 bits per heavy atom. The van der Waals surface area contributed by atoms with Crippen molar-refractivity contribution in [3.8, 4) is 0 Å². The molecule has 2 N–H and O–H groups in total. The highest BCUT2D eigenvalue weighted by Gasteiger charge is 2.27. The van der Waals surface area contributed by atoms with E-state index in [0.717, 1.165) is 11.4 Å². The molecule has 140 valence electrons. The lowest BCUT2D eigenvalue weighted by molar-refractivity contribution is -0.129. The number of carbonyl (C=O) groups excluding carboxylic acids is 2. The van der Waals surface area contributed by atoms with E-state index in [1.807, 2.05) is 12.1 Å². The highest BCUT2D eigenvalue weighted by Crippen LogP contribution is 2.24. The molecule has 2 amide bonds. The van der Waals surface area contributed by atoms with E-state index in [2.05, 4.69) is 36.6 Å². The van der Waals surface area contributed by atoms with Gasteiger partial charge in [-0.25, -0.2) is 0 Å². The third kappa shape index (κ3) is 4.71. The molecular weight excluding hydrogens is 358 g/mol. The van der Waals surface area contributed by atoms with E-state index >= 15 is 0 Å². The van der Waals surface area contributed by atoms with Crippen molar-refractivity contribution in [2.24, 2.45) is 0 Å². The SMILES string of the molecule is CC(C)c1ccc(NC(=S)Nc2ccc(N3C(=O)CCCC3=O)cc2)cc1. The average Bonchev–Trinajstić information content (AvgIpc) is 2.63. The van der Waals surface area contributed by atoms with Gasteiger partial charge in [-0.15, -0.1) is 0 Å². The molecule has 1 aliphatic rings. The van der Waals surface area contributed by atoms with Gasteiger partial charge in [0, 0.05) is 24.2 Å². The van der Waals surface area contributed by atoms with Crippen LogP contribution >= 0.6 is 12.2 Å². The van der Waals surface area contributed by atoms with E-state index in [4.69, 9.17) is 12.2 Å². The van der Waals surface area contributed by atoms with Crippen molar-refractivity contribution < 1.29 is 9.59 Å². The molecular formula is C21H23N3O2S. The van der Waals surface area contributed by atoms with E-state index in [0.29, 0.717) is 36.0 Å². The summed E-state index contributed by atoms with van der Waals surface area (Å²) in [5, 5.41) is 6.74. The van der Waals surface area contributed by atoms with Crippen LogP contribution < -0.4 is 15.5 Å². The number of nitrogens with one attached hydrogen (secondary N) is 2. The lowest BCUT2D eigenvalue weighted by atomic mass is 10.0. The molecule has 0 spiro atoms. The van der Waals surface area contributed by atoms with Gasteiger partial charge in [-0.05, 0) is 66.5 Å². The Morgan fingerprint density at radius 3 is 1.85 bits per heavy atom. The first-order valence-corrected chi connectivity index (χ1v) is 9.48. The van der Waals surface area contributed by atoms with Crippen molar-refractivity contribution in [1.29, 1.82) is 0 Å². The van der Waals surface area contributed by atoms with E-state index in [-0.39, 0.29) is 11.8 Å². The van der Waals surface area contributed by atoms with Gasteiger partial charge in [-0.3, -0.25) is 14.5 Å². The van der Waals surface area contributed by atoms with Gasteiger partial charge in [0.1, 0.15) is 0 Å². The third-order valence-electron chi connectivity index (χ3n) is 4.50. The third-order valence-corrected chi connectivity index (χ3v) is 4.70. The first kappa shape index (κ1) is 19.0. The normalized spacial score (nSPS) is 14.4. The second-order valence-electron chi connectivity index (χ2n) is 6.88. The molecule has 5 nitrogen and oxygen atoms in total. The molecule has 1 fully saturated rings. The molecule has 0 radical (unpaired) electrons. The summed E-state index contributed by atoms with van der Waals surface area (Å²) in [6.07, 6.45) is 1.45. The number of nitrogens with zero attached hydrogens (tertiary/aromatic N) is 1. The zero-order chi connectivity index (χ0) is 19.4. The number of amides is 2. The molecule has 0 bridgehead atoms. The van der Waals surface area contributed by atoms with Crippen molar-refractivity contribution in [2.45, 2.75) is 39.0 Å². The van der Waals surface area contributed by atoms with Gasteiger partial charge in [-0.2, -0.15) is 0 Å². The Bertz CT molecular complexity index is 829. The first-order valence-electron chi connectivity index (χ1n) is 9.08. The summed E-state index contributed by atoms with van der Waals surface area (Å²) in [5.74, 6) is 0.198. The minimum atomic E-state index is -0.144. The van der Waals surface area contributed by atoms with Crippen molar-refractivity contribution in [3.05, 3.63) is 54.1 Å². The van der Waals surface area contributed by atoms with Gasteiger partial charge in [0.05, 0.1) is 5.69 Å². The number of hydrogen-bond donors (Lipinski definition) is 2. The molecule has 0 aromatic heterocycles. The van der Waals surface area contributed by atoms with E-state index in [1.54, 1.807) is 24.3 Å². The van der Waals surface area contributed by atoms with E-state index in [9.17, 15) is 9.59 Å². The van der Waals surface area contributed by atoms with Crippen LogP contribution in [0.2, 0.25) is 0 Å². The highest BCUT2D eigenvalue weighted by molar-refractivity contribution is 7.80. The van der Waals surface area contributed by atoms with Crippen LogP contribution in [0.4, 0.5) is 17.1 Å². The van der Waals surface area contributed by atoms with Crippen LogP contribution in [0.25, 0.3) is 0 Å². The number of imide groups is 1. The summed E-state index contributed by atoms with van der Waals surface area (Å²) in [6, 6.07) is 15.3. The zero-order valence-electron chi connectivity index (χ0n) is 15.5. The molecule has 1 aliphatic heterocycles. The number of anilines is 3. The zero-order valence-corrected chi connectivity index (χ0v) is 16.3. The number of hydrogen-bond acceptors (Lipinski definition) is 3. The van der Waals surface area contributed by atoms with Gasteiger partial charge in [0.2, 0.25) is 11.8 Å². The molecule has 3 rings (SSSR count). The predicted molar refractivity (Wildman–Crippen MR) is 113 cm³/mol. The summed E-state index contributed by atoms with van der Waals surface area (Å²) in [4.78, 5) is 25.3. The maximum absolute atomic E-state index is 12.0. The Hall–Kier alpha value is -2.73. The van der Waals surface area contributed by atoms with Crippen molar-refractivity contribution in [3.63, 3.8) is 0 Å². The van der Waals surface area contributed by atoms with Gasteiger partial charge in [0.15, 0.2) is 5.11 Å². The topological polar surface area (TPSA) is 61.4 Å². The monoisotopic (exact) mass is 381 g/mol. The Kier molecular flexibility index (Phi) is 5.86. The van der Waals surface area contributed by atoms with E-state index < -0.39 is 0 Å². The fourth-order valence-corrected chi connectivity index (χ4v) is 3.22. The maximum Gasteiger partial charge on any atom is 0.233 e. The standard InChI is InChI=1S/C21H23N3O2S/c1-14(2)15-6-8-16(9-7-15)22-21(27)23-17-10-12-18(13-11-17)24-19(25)4-3-5-20(24)26/h6-14H,3-5H2,1-2H3,(H2,22,23,27). The predicted octanol–water partition coefficient (Wildman–Crippen LogP) is 4.66. The first-order chi connectivity index (χ1) is 12.9. The van der Waals surface area contributed by atoms with Gasteiger partial charge < -0.3 is 10.6 Å². The Balaban J connectivity index is 1.61. The number of rotatable bonds is 4. The summed E-state index contributed by atoms with van der Waals surface area (Å²) in [7, 11) is 0. The van der Waals surface area contributed by atoms with Crippen LogP contribution in [-0.2, 0) is 9.59 Å². The second kappa shape index (κ2) is 8.31. The second-order valence-corrected chi connectivity index (χ2v) is 7.29. The van der Waals surface area contributed by atoms with Gasteiger partial charge in [-0.1, -0.05) is 26.0 Å². The molecule has 1 saturated heterocycles. The van der Waals surface area contributed by atoms with Crippen molar-refractivity contribution >= 4 is 46.2 Å². The molecule has 2 aromatic carbocycles. The fourth-order valence-electron chi connectivity index (χ4n) is 2.98. The summed E-state index contributed by atoms with van der Waals surface area (Å²) >= 11 is 5.36. The number of carbonyl (C=O) groups is 2. The number of piperidine rings is 1. The van der Waals surface area contributed by atoms with Gasteiger partial charge >= 0.3 is 0 Å². The summed E-state index contributed by atoms with van der Waals surface area (Å²) < 4.78 is 0. The summed E-state index contributed by atoms with van der Waals surface area (Å²) in [6.45, 7) is 4.31. The molecule has 0 saturated carbocycles. The molecule has 0 aliphatic carbocycles. The molecule has 27 heavy (non-hydrogen) atoms. The molecule has 0 atom stereocenters.